The molecule has 0 bridgehead atoms. The van der Waals surface area contributed by atoms with Crippen LogP contribution >= 0.6 is 0 Å². The number of nitrogens with one attached hydrogen (secondary N) is 1. The molecular weight excluding hydrogens is 390 g/mol. The molecule has 0 radical (unpaired) electrons. The first-order chi connectivity index (χ1) is 15.1. The normalized spacial score (nSPS) is 15.7. The van der Waals surface area contributed by atoms with Gasteiger partial charge in [-0.3, -0.25) is 0 Å². The molecule has 3 aromatic rings. The summed E-state index contributed by atoms with van der Waals surface area (Å²) >= 11 is 0. The summed E-state index contributed by atoms with van der Waals surface area (Å²) in [5.41, 5.74) is 1.81. The number of carbonyl (C=O) groups is 1. The highest BCUT2D eigenvalue weighted by Crippen LogP contribution is 2.29. The van der Waals surface area contributed by atoms with E-state index in [9.17, 15) is 4.79 Å². The fourth-order valence-corrected chi connectivity index (χ4v) is 3.91. The minimum atomic E-state index is 0.00868. The second-order valence-corrected chi connectivity index (χ2v) is 8.01. The van der Waals surface area contributed by atoms with Gasteiger partial charge >= 0.3 is 6.03 Å². The summed E-state index contributed by atoms with van der Waals surface area (Å²) < 4.78 is 1.89. The summed E-state index contributed by atoms with van der Waals surface area (Å²) in [7, 11) is 0. The molecule has 8 heteroatoms. The smallest absolute Gasteiger partial charge is 0.317 e. The lowest BCUT2D eigenvalue weighted by Gasteiger charge is -2.24. The Morgan fingerprint density at radius 3 is 2.65 bits per heavy atom. The van der Waals surface area contributed by atoms with Crippen molar-refractivity contribution in [1.29, 1.82) is 0 Å². The number of rotatable bonds is 5. The Labute approximate surface area is 183 Å². The fourth-order valence-electron chi connectivity index (χ4n) is 3.91. The number of benzene rings is 1. The average Bonchev–Trinajstić information content (AvgIpc) is 3.07. The van der Waals surface area contributed by atoms with Crippen LogP contribution in [0.4, 0.5) is 10.6 Å². The number of urea groups is 1. The van der Waals surface area contributed by atoms with E-state index in [1.54, 1.807) is 0 Å². The summed E-state index contributed by atoms with van der Waals surface area (Å²) in [6.45, 7) is 9.90. The Morgan fingerprint density at radius 2 is 1.90 bits per heavy atom. The number of fused-ring (bicyclic) bond motifs is 1. The van der Waals surface area contributed by atoms with Gasteiger partial charge in [0.2, 0.25) is 0 Å². The molecule has 31 heavy (non-hydrogen) atoms. The van der Waals surface area contributed by atoms with Crippen molar-refractivity contribution in [2.24, 2.45) is 0 Å². The first kappa shape index (κ1) is 21.1. The van der Waals surface area contributed by atoms with Gasteiger partial charge in [0.25, 0.3) is 0 Å². The van der Waals surface area contributed by atoms with Crippen LogP contribution in [0.2, 0.25) is 0 Å². The van der Waals surface area contributed by atoms with Crippen LogP contribution in [0.15, 0.2) is 36.5 Å². The Bertz CT molecular complexity index is 1030. The first-order valence-corrected chi connectivity index (χ1v) is 11.2. The fraction of sp³-hybridized carbons (Fsp3) is 0.478. The van der Waals surface area contributed by atoms with Crippen LogP contribution < -0.4 is 10.2 Å². The van der Waals surface area contributed by atoms with E-state index in [4.69, 9.17) is 9.97 Å². The summed E-state index contributed by atoms with van der Waals surface area (Å²) in [6, 6.07) is 10.1. The molecule has 1 saturated heterocycles. The van der Waals surface area contributed by atoms with E-state index in [-0.39, 0.29) is 11.9 Å². The summed E-state index contributed by atoms with van der Waals surface area (Å²) in [5, 5.41) is 8.51. The van der Waals surface area contributed by atoms with Crippen LogP contribution in [0.25, 0.3) is 16.7 Å². The van der Waals surface area contributed by atoms with Gasteiger partial charge in [-0.15, -0.1) is 0 Å². The van der Waals surface area contributed by atoms with E-state index in [2.05, 4.69) is 29.2 Å². The lowest BCUT2D eigenvalue weighted by Crippen LogP contribution is -2.42. The lowest BCUT2D eigenvalue weighted by atomic mass is 10.1. The maximum Gasteiger partial charge on any atom is 0.317 e. The zero-order valence-electron chi connectivity index (χ0n) is 18.6. The van der Waals surface area contributed by atoms with Gasteiger partial charge in [-0.1, -0.05) is 32.0 Å². The number of amides is 2. The van der Waals surface area contributed by atoms with Crippen molar-refractivity contribution in [2.75, 3.05) is 37.6 Å². The van der Waals surface area contributed by atoms with E-state index < -0.39 is 0 Å². The molecule has 1 aromatic carbocycles. The minimum absolute atomic E-state index is 0.00868. The maximum atomic E-state index is 12.3. The second kappa shape index (κ2) is 9.32. The number of hydrogen-bond donors (Lipinski definition) is 1. The number of anilines is 1. The average molecular weight is 422 g/mol. The van der Waals surface area contributed by atoms with Gasteiger partial charge in [-0.2, -0.15) is 5.10 Å². The molecule has 164 valence electrons. The van der Waals surface area contributed by atoms with Crippen LogP contribution in [0, 0.1) is 0 Å². The molecule has 2 aromatic heterocycles. The molecule has 1 aliphatic heterocycles. The molecule has 2 amide bonds. The lowest BCUT2D eigenvalue weighted by molar-refractivity contribution is 0.202. The van der Waals surface area contributed by atoms with Gasteiger partial charge < -0.3 is 15.1 Å². The van der Waals surface area contributed by atoms with Crippen molar-refractivity contribution >= 4 is 22.9 Å². The highest BCUT2D eigenvalue weighted by Gasteiger charge is 2.24. The molecule has 8 nitrogen and oxygen atoms in total. The van der Waals surface area contributed by atoms with E-state index in [0.717, 1.165) is 60.8 Å². The Morgan fingerprint density at radius 1 is 1.10 bits per heavy atom. The summed E-state index contributed by atoms with van der Waals surface area (Å²) in [5.74, 6) is 2.01. The number of carbonyl (C=O) groups excluding carboxylic acids is 1. The standard InChI is InChI=1S/C23H31N7O/c1-4-17(3)20-26-21(28-12-9-13-29(15-14-28)23(31)24-5-2)19-16-25-30(22(19)27-20)18-10-7-6-8-11-18/h6-8,10-11,16-17H,4-5,9,12-15H2,1-3H3,(H,24,31)/t17-/m0/s1. The van der Waals surface area contributed by atoms with Crippen LogP contribution in [0.5, 0.6) is 0 Å². The van der Waals surface area contributed by atoms with Crippen molar-refractivity contribution in [3.63, 3.8) is 0 Å². The first-order valence-electron chi connectivity index (χ1n) is 11.2. The number of para-hydroxylation sites is 1. The van der Waals surface area contributed by atoms with E-state index >= 15 is 0 Å². The third-order valence-electron chi connectivity index (χ3n) is 5.89. The number of aromatic nitrogens is 4. The number of nitrogens with zero attached hydrogens (tertiary/aromatic N) is 6. The van der Waals surface area contributed by atoms with Crippen molar-refractivity contribution < 1.29 is 4.79 Å². The van der Waals surface area contributed by atoms with Crippen LogP contribution in [-0.2, 0) is 0 Å². The molecule has 4 rings (SSSR count). The molecule has 1 atom stereocenters. The minimum Gasteiger partial charge on any atom is -0.354 e. The van der Waals surface area contributed by atoms with Gasteiger partial charge in [0.05, 0.1) is 17.3 Å². The Hall–Kier alpha value is -3.16. The van der Waals surface area contributed by atoms with Gasteiger partial charge in [0, 0.05) is 38.6 Å². The molecule has 3 heterocycles. The molecule has 0 unspecified atom stereocenters. The van der Waals surface area contributed by atoms with Gasteiger partial charge in [-0.05, 0) is 31.9 Å². The topological polar surface area (TPSA) is 79.2 Å². The highest BCUT2D eigenvalue weighted by molar-refractivity contribution is 5.88. The largest absolute Gasteiger partial charge is 0.354 e. The van der Waals surface area contributed by atoms with Crippen molar-refractivity contribution in [3.8, 4) is 5.69 Å². The highest BCUT2D eigenvalue weighted by atomic mass is 16.2. The van der Waals surface area contributed by atoms with Crippen LogP contribution in [-0.4, -0.2) is 63.4 Å². The van der Waals surface area contributed by atoms with E-state index in [1.165, 1.54) is 0 Å². The SMILES string of the molecule is CCNC(=O)N1CCCN(c2nc([C@@H](C)CC)nc3c2cnn3-c2ccccc2)CC1. The third-order valence-corrected chi connectivity index (χ3v) is 5.89. The molecule has 0 spiro atoms. The zero-order valence-corrected chi connectivity index (χ0v) is 18.6. The van der Waals surface area contributed by atoms with E-state index in [0.29, 0.717) is 13.1 Å². The Balaban J connectivity index is 1.73. The molecular formula is C23H31N7O. The van der Waals surface area contributed by atoms with Gasteiger partial charge in [0.1, 0.15) is 11.6 Å². The monoisotopic (exact) mass is 421 g/mol. The van der Waals surface area contributed by atoms with Crippen LogP contribution in [0.1, 0.15) is 45.4 Å². The van der Waals surface area contributed by atoms with Crippen molar-refractivity contribution in [3.05, 3.63) is 42.4 Å². The quantitative estimate of drug-likeness (QED) is 0.681. The third kappa shape index (κ3) is 4.33. The van der Waals surface area contributed by atoms with Crippen molar-refractivity contribution in [1.82, 2.24) is 30.0 Å². The number of hydrogen-bond acceptors (Lipinski definition) is 5. The van der Waals surface area contributed by atoms with Gasteiger partial charge in [-0.25, -0.2) is 19.4 Å². The predicted octanol–water partition coefficient (Wildman–Crippen LogP) is 3.57. The van der Waals surface area contributed by atoms with Crippen LogP contribution in [0.3, 0.4) is 0 Å². The second-order valence-electron chi connectivity index (χ2n) is 8.01. The molecule has 0 aliphatic carbocycles. The molecule has 0 saturated carbocycles. The molecule has 1 aliphatic rings. The predicted molar refractivity (Wildman–Crippen MR) is 123 cm³/mol. The van der Waals surface area contributed by atoms with Gasteiger partial charge in [0.15, 0.2) is 5.65 Å². The van der Waals surface area contributed by atoms with E-state index in [1.807, 2.05) is 53.0 Å². The summed E-state index contributed by atoms with van der Waals surface area (Å²) in [6.07, 6.45) is 3.73. The van der Waals surface area contributed by atoms with Crippen molar-refractivity contribution in [2.45, 2.75) is 39.5 Å². The zero-order chi connectivity index (χ0) is 21.8. The summed E-state index contributed by atoms with van der Waals surface area (Å²) in [4.78, 5) is 26.4. The molecule has 1 N–H and O–H groups in total. The Kier molecular flexibility index (Phi) is 6.34. The molecule has 1 fully saturated rings. The maximum absolute atomic E-state index is 12.3.